The quantitative estimate of drug-likeness (QED) is 0.414. The molecule has 1 N–H and O–H groups in total. The lowest BCUT2D eigenvalue weighted by Crippen LogP contribution is -1.97. The molecule has 0 aliphatic rings. The van der Waals surface area contributed by atoms with Crippen molar-refractivity contribution in [2.45, 2.75) is 50.3 Å². The van der Waals surface area contributed by atoms with Gasteiger partial charge >= 0.3 is 0 Å². The summed E-state index contributed by atoms with van der Waals surface area (Å²) in [5, 5.41) is 0. The summed E-state index contributed by atoms with van der Waals surface area (Å²) in [5.41, 5.74) is 0. The van der Waals surface area contributed by atoms with Crippen LogP contribution in [0, 0.1) is 0 Å². The van der Waals surface area contributed by atoms with Crippen molar-refractivity contribution >= 4 is 10.1 Å². The first-order valence-electron chi connectivity index (χ1n) is 7.04. The molecule has 1 rings (SSSR count). The lowest BCUT2D eigenvalue weighted by atomic mass is 10.1. The van der Waals surface area contributed by atoms with E-state index in [0.29, 0.717) is 6.42 Å². The average Bonchev–Trinajstić information content (AvgIpc) is 2.42. The summed E-state index contributed by atoms with van der Waals surface area (Å²) >= 11 is 0. The Balaban J connectivity index is 2.42. The molecule has 0 heterocycles. The third-order valence-corrected chi connectivity index (χ3v) is 3.82. The van der Waals surface area contributed by atoms with Crippen molar-refractivity contribution in [3.05, 3.63) is 36.4 Å². The predicted octanol–water partition coefficient (Wildman–Crippen LogP) is 4.48. The summed E-state index contributed by atoms with van der Waals surface area (Å²) < 4.78 is 48.9. The maximum atomic E-state index is 13.5. The number of ether oxygens (including phenoxy) is 1. The summed E-state index contributed by atoms with van der Waals surface area (Å²) in [7, 11) is -4.24. The predicted molar refractivity (Wildman–Crippen MR) is 79.5 cm³/mol. The van der Waals surface area contributed by atoms with Crippen LogP contribution in [0.2, 0.25) is 0 Å². The fraction of sp³-hybridized carbons (Fsp3) is 0.467. The Hall–Kier alpha value is -1.40. The van der Waals surface area contributed by atoms with Crippen molar-refractivity contribution in [2.24, 2.45) is 0 Å². The highest BCUT2D eigenvalue weighted by molar-refractivity contribution is 7.85. The Morgan fingerprint density at radius 2 is 1.81 bits per heavy atom. The maximum Gasteiger partial charge on any atom is 0.294 e. The van der Waals surface area contributed by atoms with E-state index in [2.05, 4.69) is 6.92 Å². The van der Waals surface area contributed by atoms with Crippen molar-refractivity contribution in [1.82, 2.24) is 0 Å². The highest BCUT2D eigenvalue weighted by Gasteiger charge is 2.09. The second-order valence-electron chi connectivity index (χ2n) is 4.76. The molecule has 0 saturated heterocycles. The molecule has 0 spiro atoms. The van der Waals surface area contributed by atoms with Crippen LogP contribution in [0.3, 0.4) is 0 Å². The van der Waals surface area contributed by atoms with E-state index in [1.807, 2.05) is 0 Å². The monoisotopic (exact) mass is 316 g/mol. The van der Waals surface area contributed by atoms with Gasteiger partial charge in [-0.2, -0.15) is 12.8 Å². The van der Waals surface area contributed by atoms with Gasteiger partial charge in [0.15, 0.2) is 0 Å². The summed E-state index contributed by atoms with van der Waals surface area (Å²) in [6, 6.07) is 4.19. The smallest absolute Gasteiger partial charge is 0.294 e. The van der Waals surface area contributed by atoms with Crippen LogP contribution in [-0.4, -0.2) is 13.0 Å². The van der Waals surface area contributed by atoms with E-state index in [0.717, 1.165) is 31.4 Å². The molecule has 4 nitrogen and oxygen atoms in total. The zero-order valence-corrected chi connectivity index (χ0v) is 12.9. The molecule has 0 amide bonds. The van der Waals surface area contributed by atoms with Crippen LogP contribution < -0.4 is 4.74 Å². The highest BCUT2D eigenvalue weighted by Crippen LogP contribution is 2.19. The molecule has 0 atom stereocenters. The SMILES string of the molecule is CCCCCCC/C=C(\F)Oc1ccc(S(=O)(=O)O)cc1. The molecule has 0 unspecified atom stereocenters. The largest absolute Gasteiger partial charge is 0.432 e. The van der Waals surface area contributed by atoms with Gasteiger partial charge in [-0.05, 0) is 43.2 Å². The second-order valence-corrected chi connectivity index (χ2v) is 6.18. The van der Waals surface area contributed by atoms with E-state index >= 15 is 0 Å². The van der Waals surface area contributed by atoms with Gasteiger partial charge in [0.2, 0.25) is 0 Å². The van der Waals surface area contributed by atoms with E-state index in [-0.39, 0.29) is 10.6 Å². The van der Waals surface area contributed by atoms with Crippen molar-refractivity contribution in [3.63, 3.8) is 0 Å². The van der Waals surface area contributed by atoms with Gasteiger partial charge in [-0.3, -0.25) is 4.55 Å². The minimum atomic E-state index is -4.24. The van der Waals surface area contributed by atoms with Crippen LogP contribution in [0.4, 0.5) is 4.39 Å². The van der Waals surface area contributed by atoms with Crippen LogP contribution in [0.5, 0.6) is 5.75 Å². The molecule has 1 aromatic rings. The van der Waals surface area contributed by atoms with E-state index in [1.165, 1.54) is 31.1 Å². The van der Waals surface area contributed by atoms with E-state index in [1.54, 1.807) is 0 Å². The molecule has 6 heteroatoms. The van der Waals surface area contributed by atoms with E-state index in [4.69, 9.17) is 9.29 Å². The van der Waals surface area contributed by atoms with Crippen molar-refractivity contribution in [2.75, 3.05) is 0 Å². The number of rotatable bonds is 9. The fourth-order valence-corrected chi connectivity index (χ4v) is 2.28. The summed E-state index contributed by atoms with van der Waals surface area (Å²) in [6.45, 7) is 2.14. The molecular weight excluding hydrogens is 295 g/mol. The molecule has 0 aliphatic heterocycles. The topological polar surface area (TPSA) is 63.6 Å². The van der Waals surface area contributed by atoms with Gasteiger partial charge in [0.25, 0.3) is 16.1 Å². The van der Waals surface area contributed by atoms with Gasteiger partial charge in [0, 0.05) is 0 Å². The zero-order chi connectivity index (χ0) is 15.7. The lowest BCUT2D eigenvalue weighted by Gasteiger charge is -2.03. The summed E-state index contributed by atoms with van der Waals surface area (Å²) in [4.78, 5) is -0.254. The number of hydrogen-bond donors (Lipinski definition) is 1. The molecular formula is C15H21FO4S. The Morgan fingerprint density at radius 3 is 2.38 bits per heavy atom. The minimum absolute atomic E-state index is 0.183. The van der Waals surface area contributed by atoms with Gasteiger partial charge in [-0.1, -0.05) is 32.6 Å². The first-order valence-corrected chi connectivity index (χ1v) is 8.48. The number of unbranched alkanes of at least 4 members (excludes halogenated alkanes) is 5. The van der Waals surface area contributed by atoms with Crippen molar-refractivity contribution < 1.29 is 22.1 Å². The molecule has 0 bridgehead atoms. The summed E-state index contributed by atoms with van der Waals surface area (Å²) in [5.74, 6) is 0.183. The number of allylic oxidation sites excluding steroid dienone is 1. The molecule has 0 saturated carbocycles. The number of hydrogen-bond acceptors (Lipinski definition) is 3. The lowest BCUT2D eigenvalue weighted by molar-refractivity contribution is 0.299. The standard InChI is InChI=1S/C15H21FO4S/c1-2-3-4-5-6-7-8-15(16)20-13-9-11-14(12-10-13)21(17,18)19/h8-12H,2-7H2,1H3,(H,17,18,19)/b15-8+. The van der Waals surface area contributed by atoms with Crippen LogP contribution in [0.25, 0.3) is 0 Å². The fourth-order valence-electron chi connectivity index (χ4n) is 1.80. The molecule has 1 aromatic carbocycles. The molecule has 21 heavy (non-hydrogen) atoms. The maximum absolute atomic E-state index is 13.5. The molecule has 0 aromatic heterocycles. The van der Waals surface area contributed by atoms with E-state index in [9.17, 15) is 12.8 Å². The van der Waals surface area contributed by atoms with Gasteiger partial charge < -0.3 is 4.74 Å². The first kappa shape index (κ1) is 17.7. The molecule has 0 fully saturated rings. The van der Waals surface area contributed by atoms with Gasteiger partial charge in [-0.25, -0.2) is 0 Å². The van der Waals surface area contributed by atoms with Crippen LogP contribution >= 0.6 is 0 Å². The van der Waals surface area contributed by atoms with Gasteiger partial charge in [0.05, 0.1) is 4.90 Å². The number of benzene rings is 1. The summed E-state index contributed by atoms with van der Waals surface area (Å²) in [6.07, 6.45) is 7.50. The molecule has 0 radical (unpaired) electrons. The van der Waals surface area contributed by atoms with Gasteiger partial charge in [0.1, 0.15) is 5.75 Å². The van der Waals surface area contributed by atoms with Gasteiger partial charge in [-0.15, -0.1) is 0 Å². The minimum Gasteiger partial charge on any atom is -0.432 e. The molecule has 0 aliphatic carbocycles. The Morgan fingerprint density at radius 1 is 1.19 bits per heavy atom. The van der Waals surface area contributed by atoms with E-state index < -0.39 is 16.1 Å². The second kappa shape index (κ2) is 8.79. The Labute approximate surface area is 125 Å². The highest BCUT2D eigenvalue weighted by atomic mass is 32.2. The third kappa shape index (κ3) is 7.24. The molecule has 118 valence electrons. The first-order chi connectivity index (χ1) is 9.93. The van der Waals surface area contributed by atoms with Crippen LogP contribution in [0.1, 0.15) is 45.4 Å². The average molecular weight is 316 g/mol. The van der Waals surface area contributed by atoms with Crippen molar-refractivity contribution in [1.29, 1.82) is 0 Å². The zero-order valence-electron chi connectivity index (χ0n) is 12.1. The normalized spacial score (nSPS) is 12.4. The number of halogens is 1. The van der Waals surface area contributed by atoms with Crippen LogP contribution in [-0.2, 0) is 10.1 Å². The van der Waals surface area contributed by atoms with Crippen molar-refractivity contribution in [3.8, 4) is 5.75 Å². The Bertz CT molecular complexity index is 550. The van der Waals surface area contributed by atoms with Crippen LogP contribution in [0.15, 0.2) is 41.2 Å². The third-order valence-electron chi connectivity index (χ3n) is 2.95. The Kier molecular flexibility index (Phi) is 7.39.